The van der Waals surface area contributed by atoms with Crippen LogP contribution in [0.25, 0.3) is 0 Å². The maximum Gasteiger partial charge on any atom is 0.126 e. The van der Waals surface area contributed by atoms with Crippen LogP contribution in [0.15, 0.2) is 18.2 Å². The van der Waals surface area contributed by atoms with E-state index in [-0.39, 0.29) is 0 Å². The molecule has 1 aromatic carbocycles. The minimum atomic E-state index is 0.612. The smallest absolute Gasteiger partial charge is 0.126 e. The molecular weight excluding hydrogens is 218 g/mol. The molecule has 0 amide bonds. The molecule has 0 unspecified atom stereocenters. The fourth-order valence-electron chi connectivity index (χ4n) is 1.54. The van der Waals surface area contributed by atoms with Gasteiger partial charge in [0.25, 0.3) is 0 Å². The molecular formula is C13H21NO3. The van der Waals surface area contributed by atoms with Crippen molar-refractivity contribution in [2.45, 2.75) is 12.8 Å². The highest BCUT2D eigenvalue weighted by Crippen LogP contribution is 2.25. The molecule has 4 nitrogen and oxygen atoms in total. The molecule has 0 saturated carbocycles. The van der Waals surface area contributed by atoms with Gasteiger partial charge in [-0.05, 0) is 24.6 Å². The van der Waals surface area contributed by atoms with Crippen molar-refractivity contribution in [3.8, 4) is 11.5 Å². The van der Waals surface area contributed by atoms with Gasteiger partial charge in [-0.2, -0.15) is 0 Å². The first-order valence-electron chi connectivity index (χ1n) is 5.80. The highest BCUT2D eigenvalue weighted by Gasteiger charge is 2.05. The fraction of sp³-hybridized carbons (Fsp3) is 0.538. The second-order valence-corrected chi connectivity index (χ2v) is 3.71. The lowest BCUT2D eigenvalue weighted by atomic mass is 10.1. The Balaban J connectivity index is 2.64. The SMILES string of the molecule is COCCCOc1cc(OC)ccc1CCN. The summed E-state index contributed by atoms with van der Waals surface area (Å²) in [5.74, 6) is 1.65. The maximum atomic E-state index is 5.72. The molecule has 0 aromatic heterocycles. The predicted molar refractivity (Wildman–Crippen MR) is 67.7 cm³/mol. The minimum absolute atomic E-state index is 0.612. The van der Waals surface area contributed by atoms with Gasteiger partial charge >= 0.3 is 0 Å². The second-order valence-electron chi connectivity index (χ2n) is 3.71. The molecule has 1 rings (SSSR count). The molecule has 0 spiro atoms. The predicted octanol–water partition coefficient (Wildman–Crippen LogP) is 1.61. The van der Waals surface area contributed by atoms with Gasteiger partial charge in [-0.3, -0.25) is 0 Å². The number of hydrogen-bond donors (Lipinski definition) is 1. The van der Waals surface area contributed by atoms with Gasteiger partial charge in [-0.1, -0.05) is 6.07 Å². The van der Waals surface area contributed by atoms with E-state index in [4.69, 9.17) is 19.9 Å². The molecule has 17 heavy (non-hydrogen) atoms. The summed E-state index contributed by atoms with van der Waals surface area (Å²) in [7, 11) is 3.33. The number of nitrogens with two attached hydrogens (primary N) is 1. The van der Waals surface area contributed by atoms with Crippen LogP contribution < -0.4 is 15.2 Å². The third-order valence-corrected chi connectivity index (χ3v) is 2.44. The van der Waals surface area contributed by atoms with E-state index < -0.39 is 0 Å². The quantitative estimate of drug-likeness (QED) is 0.700. The zero-order chi connectivity index (χ0) is 12.5. The molecule has 0 saturated heterocycles. The van der Waals surface area contributed by atoms with Crippen molar-refractivity contribution < 1.29 is 14.2 Å². The number of hydrogen-bond acceptors (Lipinski definition) is 4. The van der Waals surface area contributed by atoms with E-state index in [2.05, 4.69) is 0 Å². The number of ether oxygens (including phenoxy) is 3. The third-order valence-electron chi connectivity index (χ3n) is 2.44. The number of benzene rings is 1. The second kappa shape index (κ2) is 7.92. The standard InChI is InChI=1S/C13H21NO3/c1-15-8-3-9-17-13-10-12(16-2)5-4-11(13)6-7-14/h4-5,10H,3,6-9,14H2,1-2H3. The van der Waals surface area contributed by atoms with Crippen LogP contribution in [-0.4, -0.2) is 34.0 Å². The Labute approximate surface area is 103 Å². The Morgan fingerprint density at radius 2 is 2.00 bits per heavy atom. The molecule has 1 aromatic rings. The van der Waals surface area contributed by atoms with Crippen LogP contribution in [0, 0.1) is 0 Å². The summed E-state index contributed by atoms with van der Waals surface area (Å²) in [6.45, 7) is 1.95. The van der Waals surface area contributed by atoms with Gasteiger partial charge < -0.3 is 19.9 Å². The zero-order valence-corrected chi connectivity index (χ0v) is 10.6. The Morgan fingerprint density at radius 3 is 2.65 bits per heavy atom. The Kier molecular flexibility index (Phi) is 6.43. The van der Waals surface area contributed by atoms with Crippen LogP contribution in [0.4, 0.5) is 0 Å². The summed E-state index contributed by atoms with van der Waals surface area (Å²) >= 11 is 0. The van der Waals surface area contributed by atoms with E-state index >= 15 is 0 Å². The third kappa shape index (κ3) is 4.63. The molecule has 0 radical (unpaired) electrons. The lowest BCUT2D eigenvalue weighted by molar-refractivity contribution is 0.171. The summed E-state index contributed by atoms with van der Waals surface area (Å²) < 4.78 is 15.9. The van der Waals surface area contributed by atoms with Gasteiger partial charge in [0.05, 0.1) is 13.7 Å². The van der Waals surface area contributed by atoms with Gasteiger partial charge in [0.1, 0.15) is 11.5 Å². The molecule has 0 atom stereocenters. The van der Waals surface area contributed by atoms with Crippen molar-refractivity contribution in [2.24, 2.45) is 5.73 Å². The molecule has 4 heteroatoms. The highest BCUT2D eigenvalue weighted by atomic mass is 16.5. The van der Waals surface area contributed by atoms with Gasteiger partial charge in [0.2, 0.25) is 0 Å². The molecule has 0 bridgehead atoms. The van der Waals surface area contributed by atoms with Gasteiger partial charge in [-0.15, -0.1) is 0 Å². The summed E-state index contributed by atoms with van der Waals surface area (Å²) in [4.78, 5) is 0. The molecule has 96 valence electrons. The van der Waals surface area contributed by atoms with Crippen molar-refractivity contribution in [1.82, 2.24) is 0 Å². The lowest BCUT2D eigenvalue weighted by Gasteiger charge is -2.12. The molecule has 0 aliphatic carbocycles. The van der Waals surface area contributed by atoms with Crippen molar-refractivity contribution in [1.29, 1.82) is 0 Å². The molecule has 0 aliphatic heterocycles. The first-order valence-corrected chi connectivity index (χ1v) is 5.80. The van der Waals surface area contributed by atoms with E-state index in [9.17, 15) is 0 Å². The number of methoxy groups -OCH3 is 2. The van der Waals surface area contributed by atoms with Gasteiger partial charge in [-0.25, -0.2) is 0 Å². The highest BCUT2D eigenvalue weighted by molar-refractivity contribution is 5.40. The molecule has 0 fully saturated rings. The maximum absolute atomic E-state index is 5.72. The summed E-state index contributed by atoms with van der Waals surface area (Å²) in [6, 6.07) is 5.82. The van der Waals surface area contributed by atoms with Crippen LogP contribution in [0.1, 0.15) is 12.0 Å². The summed E-state index contributed by atoms with van der Waals surface area (Å²) in [5, 5.41) is 0. The van der Waals surface area contributed by atoms with E-state index in [1.165, 1.54) is 0 Å². The average molecular weight is 239 g/mol. The van der Waals surface area contributed by atoms with Crippen molar-refractivity contribution in [2.75, 3.05) is 34.0 Å². The Morgan fingerprint density at radius 1 is 1.18 bits per heavy atom. The van der Waals surface area contributed by atoms with Crippen LogP contribution in [0.2, 0.25) is 0 Å². The van der Waals surface area contributed by atoms with Crippen molar-refractivity contribution in [3.05, 3.63) is 23.8 Å². The van der Waals surface area contributed by atoms with E-state index in [1.807, 2.05) is 18.2 Å². The molecule has 0 aliphatic rings. The van der Waals surface area contributed by atoms with Crippen molar-refractivity contribution in [3.63, 3.8) is 0 Å². The van der Waals surface area contributed by atoms with E-state index in [0.717, 1.165) is 29.9 Å². The van der Waals surface area contributed by atoms with Crippen molar-refractivity contribution >= 4 is 0 Å². The fourth-order valence-corrected chi connectivity index (χ4v) is 1.54. The van der Waals surface area contributed by atoms with Crippen LogP contribution in [0.5, 0.6) is 11.5 Å². The summed E-state index contributed by atoms with van der Waals surface area (Å²) in [6.07, 6.45) is 1.68. The first kappa shape index (κ1) is 13.8. The normalized spacial score (nSPS) is 10.3. The largest absolute Gasteiger partial charge is 0.497 e. The van der Waals surface area contributed by atoms with Crippen LogP contribution >= 0.6 is 0 Å². The minimum Gasteiger partial charge on any atom is -0.497 e. The topological polar surface area (TPSA) is 53.7 Å². The lowest BCUT2D eigenvalue weighted by Crippen LogP contribution is -2.07. The first-order chi connectivity index (χ1) is 8.31. The average Bonchev–Trinajstić information content (AvgIpc) is 2.36. The molecule has 0 heterocycles. The van der Waals surface area contributed by atoms with E-state index in [0.29, 0.717) is 19.8 Å². The summed E-state index contributed by atoms with van der Waals surface area (Å²) in [5.41, 5.74) is 6.69. The monoisotopic (exact) mass is 239 g/mol. The van der Waals surface area contributed by atoms with Gasteiger partial charge in [0.15, 0.2) is 0 Å². The number of rotatable bonds is 8. The molecule has 2 N–H and O–H groups in total. The Hall–Kier alpha value is -1.26. The zero-order valence-electron chi connectivity index (χ0n) is 10.6. The van der Waals surface area contributed by atoms with Gasteiger partial charge in [0, 0.05) is 26.2 Å². The van der Waals surface area contributed by atoms with Crippen LogP contribution in [-0.2, 0) is 11.2 Å². The van der Waals surface area contributed by atoms with E-state index in [1.54, 1.807) is 14.2 Å². The Bertz CT molecular complexity index is 328. The van der Waals surface area contributed by atoms with Crippen LogP contribution in [0.3, 0.4) is 0 Å².